The maximum atomic E-state index is 14.8. The number of carbonyl (C=O) groups excluding carboxylic acids is 3. The van der Waals surface area contributed by atoms with E-state index in [0.717, 1.165) is 15.6 Å². The van der Waals surface area contributed by atoms with Gasteiger partial charge in [-0.1, -0.05) is 18.2 Å². The number of aryl methyl sites for hydroxylation is 1. The summed E-state index contributed by atoms with van der Waals surface area (Å²) in [6.07, 6.45) is -0.508. The van der Waals surface area contributed by atoms with Crippen LogP contribution in [0.25, 0.3) is 0 Å². The van der Waals surface area contributed by atoms with Crippen molar-refractivity contribution in [2.24, 2.45) is 0 Å². The van der Waals surface area contributed by atoms with Crippen molar-refractivity contribution >= 4 is 29.1 Å². The van der Waals surface area contributed by atoms with Gasteiger partial charge in [0, 0.05) is 43.9 Å². The average Bonchev–Trinajstić information content (AvgIpc) is 3.21. The normalized spacial score (nSPS) is 18.8. The maximum Gasteiger partial charge on any atom is 0.241 e. The molecule has 0 N–H and O–H groups in total. The van der Waals surface area contributed by atoms with Gasteiger partial charge in [-0.25, -0.2) is 9.37 Å². The van der Waals surface area contributed by atoms with E-state index in [1.165, 1.54) is 34.4 Å². The quantitative estimate of drug-likeness (QED) is 0.582. The summed E-state index contributed by atoms with van der Waals surface area (Å²) in [6.45, 7) is 2.85. The molecule has 2 aromatic rings. The van der Waals surface area contributed by atoms with Crippen molar-refractivity contribution < 1.29 is 18.8 Å². The Morgan fingerprint density at radius 2 is 1.97 bits per heavy atom. The van der Waals surface area contributed by atoms with E-state index in [1.54, 1.807) is 13.1 Å². The van der Waals surface area contributed by atoms with Gasteiger partial charge in [0.15, 0.2) is 0 Å². The smallest absolute Gasteiger partial charge is 0.241 e. The Kier molecular flexibility index (Phi) is 6.86. The van der Waals surface area contributed by atoms with Crippen molar-refractivity contribution in [2.45, 2.75) is 31.7 Å². The Labute approximate surface area is 185 Å². The van der Waals surface area contributed by atoms with Crippen molar-refractivity contribution in [1.82, 2.24) is 19.7 Å². The first-order chi connectivity index (χ1) is 14.6. The topological polar surface area (TPSA) is 73.8 Å². The average molecular weight is 447 g/mol. The van der Waals surface area contributed by atoms with Crippen LogP contribution in [-0.2, 0) is 26.3 Å². The van der Waals surface area contributed by atoms with E-state index in [0.29, 0.717) is 6.54 Å². The predicted octanol–water partition coefficient (Wildman–Crippen LogP) is 2.20. The van der Waals surface area contributed by atoms with E-state index in [2.05, 4.69) is 4.98 Å². The lowest BCUT2D eigenvalue weighted by Gasteiger charge is -2.29. The van der Waals surface area contributed by atoms with Crippen LogP contribution in [0.1, 0.15) is 29.1 Å². The van der Waals surface area contributed by atoms with Gasteiger partial charge in [0.1, 0.15) is 5.82 Å². The molecule has 9 heteroatoms. The van der Waals surface area contributed by atoms with E-state index < -0.39 is 17.1 Å². The van der Waals surface area contributed by atoms with Gasteiger partial charge in [-0.2, -0.15) is 0 Å². The minimum absolute atomic E-state index is 0.0898. The molecule has 0 aliphatic carbocycles. The number of hydrogen-bond acceptors (Lipinski definition) is 6. The van der Waals surface area contributed by atoms with E-state index in [1.807, 2.05) is 31.3 Å². The molecule has 1 aliphatic heterocycles. The lowest BCUT2D eigenvalue weighted by Crippen LogP contribution is -2.44. The van der Waals surface area contributed by atoms with Crippen molar-refractivity contribution in [1.29, 1.82) is 0 Å². The summed E-state index contributed by atoms with van der Waals surface area (Å²) < 4.78 is 14.8. The van der Waals surface area contributed by atoms with Gasteiger partial charge >= 0.3 is 0 Å². The molecule has 0 unspecified atom stereocenters. The van der Waals surface area contributed by atoms with Gasteiger partial charge in [0.2, 0.25) is 17.7 Å². The minimum Gasteiger partial charge on any atom is -0.340 e. The summed E-state index contributed by atoms with van der Waals surface area (Å²) in [6, 6.07) is 5.89. The van der Waals surface area contributed by atoms with E-state index in [9.17, 15) is 18.8 Å². The summed E-state index contributed by atoms with van der Waals surface area (Å²) in [7, 11) is 5.30. The number of imide groups is 1. The highest BCUT2D eigenvalue weighted by Crippen LogP contribution is 2.41. The second-order valence-electron chi connectivity index (χ2n) is 8.18. The number of hydrogen-bond donors (Lipinski definition) is 0. The van der Waals surface area contributed by atoms with Crippen LogP contribution in [0.4, 0.5) is 4.39 Å². The number of halogens is 1. The molecule has 166 valence electrons. The van der Waals surface area contributed by atoms with Gasteiger partial charge in [0.25, 0.3) is 0 Å². The van der Waals surface area contributed by atoms with Crippen LogP contribution in [0, 0.1) is 12.7 Å². The van der Waals surface area contributed by atoms with E-state index >= 15 is 0 Å². The van der Waals surface area contributed by atoms with Crippen molar-refractivity contribution in [3.05, 3.63) is 51.7 Å². The predicted molar refractivity (Wildman–Crippen MR) is 116 cm³/mol. The van der Waals surface area contributed by atoms with Gasteiger partial charge in [-0.3, -0.25) is 19.3 Å². The molecule has 3 rings (SSSR count). The monoisotopic (exact) mass is 446 g/mol. The largest absolute Gasteiger partial charge is 0.340 e. The third-order valence-corrected chi connectivity index (χ3v) is 6.34. The van der Waals surface area contributed by atoms with Gasteiger partial charge in [-0.15, -0.1) is 11.3 Å². The van der Waals surface area contributed by atoms with Crippen molar-refractivity contribution in [3.63, 3.8) is 0 Å². The molecule has 3 amide bonds. The fourth-order valence-electron chi connectivity index (χ4n) is 3.83. The molecule has 0 spiro atoms. The summed E-state index contributed by atoms with van der Waals surface area (Å²) in [5.41, 5.74) is -0.704. The van der Waals surface area contributed by atoms with Crippen LogP contribution in [0.2, 0.25) is 0 Å². The number of benzene rings is 1. The molecule has 1 aliphatic rings. The molecule has 1 saturated heterocycles. The molecule has 31 heavy (non-hydrogen) atoms. The fraction of sp³-hybridized carbons (Fsp3) is 0.455. The third kappa shape index (κ3) is 4.83. The lowest BCUT2D eigenvalue weighted by molar-refractivity contribution is -0.142. The molecular formula is C22H27FN4O3S. The summed E-state index contributed by atoms with van der Waals surface area (Å²) >= 11 is 1.49. The Bertz CT molecular complexity index is 993. The number of rotatable bonds is 8. The summed E-state index contributed by atoms with van der Waals surface area (Å²) in [4.78, 5) is 48.2. The standard InChI is InChI=1S/C22H27FN4O3S/c1-15-24-16(14-31-15)13-26(4)19(28)11-22(17-7-5-6-8-18(17)23)12-20(29)27(21(22)30)10-9-25(2)3/h5-8,14H,9-13H2,1-4H3/t22-/m1/s1. The highest BCUT2D eigenvalue weighted by atomic mass is 32.1. The Hall–Kier alpha value is -2.65. The highest BCUT2D eigenvalue weighted by molar-refractivity contribution is 7.09. The number of aromatic nitrogens is 1. The molecule has 1 atom stereocenters. The van der Waals surface area contributed by atoms with Crippen LogP contribution in [0.5, 0.6) is 0 Å². The van der Waals surface area contributed by atoms with Crippen molar-refractivity contribution in [3.8, 4) is 0 Å². The van der Waals surface area contributed by atoms with Crippen molar-refractivity contribution in [2.75, 3.05) is 34.2 Å². The van der Waals surface area contributed by atoms with Crippen LogP contribution >= 0.6 is 11.3 Å². The minimum atomic E-state index is -1.54. The molecule has 7 nitrogen and oxygen atoms in total. The number of carbonyl (C=O) groups is 3. The van der Waals surface area contributed by atoms with Gasteiger partial charge in [-0.05, 0) is 27.1 Å². The number of likely N-dealkylation sites (N-methyl/N-ethyl adjacent to an activating group) is 1. The molecule has 0 bridgehead atoms. The molecule has 1 aromatic carbocycles. The Morgan fingerprint density at radius 1 is 1.26 bits per heavy atom. The Morgan fingerprint density at radius 3 is 2.58 bits per heavy atom. The van der Waals surface area contributed by atoms with E-state index in [-0.39, 0.29) is 43.3 Å². The second-order valence-corrected chi connectivity index (χ2v) is 9.24. The van der Waals surface area contributed by atoms with E-state index in [4.69, 9.17) is 0 Å². The fourth-order valence-corrected chi connectivity index (χ4v) is 4.43. The molecule has 2 heterocycles. The first kappa shape index (κ1) is 23.0. The third-order valence-electron chi connectivity index (χ3n) is 5.51. The van der Waals surface area contributed by atoms with Gasteiger partial charge < -0.3 is 9.80 Å². The molecular weight excluding hydrogens is 419 g/mol. The van der Waals surface area contributed by atoms with Crippen LogP contribution in [-0.4, -0.2) is 71.6 Å². The molecule has 0 saturated carbocycles. The number of thiazole rings is 1. The molecule has 1 fully saturated rings. The highest BCUT2D eigenvalue weighted by Gasteiger charge is 2.54. The second kappa shape index (κ2) is 9.23. The number of nitrogens with zero attached hydrogens (tertiary/aromatic N) is 4. The lowest BCUT2D eigenvalue weighted by atomic mass is 9.75. The summed E-state index contributed by atoms with van der Waals surface area (Å²) in [5, 5.41) is 2.77. The molecule has 0 radical (unpaired) electrons. The number of amides is 3. The first-order valence-corrected chi connectivity index (χ1v) is 10.9. The summed E-state index contributed by atoms with van der Waals surface area (Å²) in [5.74, 6) is -1.84. The van der Waals surface area contributed by atoms with Gasteiger partial charge in [0.05, 0.1) is 22.7 Å². The van der Waals surface area contributed by atoms with Crippen LogP contribution in [0.3, 0.4) is 0 Å². The zero-order chi connectivity index (χ0) is 22.8. The van der Waals surface area contributed by atoms with Crippen LogP contribution < -0.4 is 0 Å². The maximum absolute atomic E-state index is 14.8. The number of likely N-dealkylation sites (tertiary alicyclic amines) is 1. The molecule has 1 aromatic heterocycles. The first-order valence-electron chi connectivity index (χ1n) is 10.0. The van der Waals surface area contributed by atoms with Crippen LogP contribution in [0.15, 0.2) is 29.6 Å². The zero-order valence-electron chi connectivity index (χ0n) is 18.2. The SMILES string of the molecule is Cc1nc(CN(C)C(=O)C[C@]2(c3ccccc3F)CC(=O)N(CCN(C)C)C2=O)cs1. The Balaban J connectivity index is 1.90. The zero-order valence-corrected chi connectivity index (χ0v) is 19.0.